The highest BCUT2D eigenvalue weighted by atomic mass is 32.1. The number of rotatable bonds is 5. The fourth-order valence-electron chi connectivity index (χ4n) is 1.55. The summed E-state index contributed by atoms with van der Waals surface area (Å²) in [5, 5.41) is 0.226. The van der Waals surface area contributed by atoms with Gasteiger partial charge in [0.05, 0.1) is 20.8 Å². The summed E-state index contributed by atoms with van der Waals surface area (Å²) in [4.78, 5) is 15.7. The minimum Gasteiger partial charge on any atom is -0.497 e. The number of esters is 1. The molecule has 1 heterocycles. The van der Waals surface area contributed by atoms with E-state index >= 15 is 0 Å². The molecule has 0 N–H and O–H groups in total. The molecule has 0 saturated carbocycles. The van der Waals surface area contributed by atoms with Crippen molar-refractivity contribution in [2.24, 2.45) is 0 Å². The van der Waals surface area contributed by atoms with Crippen LogP contribution in [0.1, 0.15) is 16.7 Å². The molecule has 0 spiro atoms. The lowest BCUT2D eigenvalue weighted by Gasteiger charge is -2.06. The fourth-order valence-corrected chi connectivity index (χ4v) is 2.13. The van der Waals surface area contributed by atoms with Gasteiger partial charge < -0.3 is 14.2 Å². The lowest BCUT2D eigenvalue weighted by Crippen LogP contribution is -2.03. The van der Waals surface area contributed by atoms with Gasteiger partial charge in [-0.1, -0.05) is 0 Å². The third-order valence-electron chi connectivity index (χ3n) is 2.49. The highest BCUT2D eigenvalue weighted by Crippen LogP contribution is 2.28. The smallest absolute Gasteiger partial charge is 0.369 e. The highest BCUT2D eigenvalue weighted by molar-refractivity contribution is 7.07. The van der Waals surface area contributed by atoms with Crippen molar-refractivity contribution in [2.75, 3.05) is 20.8 Å². The number of nitrogens with zero attached hydrogens (tertiary/aromatic N) is 2. The minimum absolute atomic E-state index is 0.226. The molecule has 0 saturated heterocycles. The molecule has 0 amide bonds. The molecule has 106 valence electrons. The maximum atomic E-state index is 11.6. The molecule has 0 radical (unpaired) electrons. The van der Waals surface area contributed by atoms with Crippen LogP contribution in [0.2, 0.25) is 0 Å². The van der Waals surface area contributed by atoms with Gasteiger partial charge in [0.1, 0.15) is 11.5 Å². The third kappa shape index (κ3) is 3.05. The van der Waals surface area contributed by atoms with Crippen molar-refractivity contribution < 1.29 is 19.0 Å². The van der Waals surface area contributed by atoms with Crippen LogP contribution in [0.15, 0.2) is 18.2 Å². The van der Waals surface area contributed by atoms with Crippen molar-refractivity contribution in [2.45, 2.75) is 6.92 Å². The summed E-state index contributed by atoms with van der Waals surface area (Å²) in [6, 6.07) is 5.31. The van der Waals surface area contributed by atoms with E-state index in [1.165, 1.54) is 0 Å². The SMILES string of the molecule is CCOC(=O)c1nc(-c2cc(OC)cc(OC)c2)ns1. The molecule has 0 aliphatic carbocycles. The molecule has 0 fully saturated rings. The molecular formula is C13H14N2O4S. The summed E-state index contributed by atoms with van der Waals surface area (Å²) >= 11 is 1.00. The fraction of sp³-hybridized carbons (Fsp3) is 0.308. The molecular weight excluding hydrogens is 280 g/mol. The Hall–Kier alpha value is -2.15. The maximum Gasteiger partial charge on any atom is 0.369 e. The largest absolute Gasteiger partial charge is 0.497 e. The summed E-state index contributed by atoms with van der Waals surface area (Å²) in [6.45, 7) is 2.05. The van der Waals surface area contributed by atoms with Gasteiger partial charge in [-0.3, -0.25) is 0 Å². The Morgan fingerprint density at radius 1 is 1.20 bits per heavy atom. The zero-order valence-electron chi connectivity index (χ0n) is 11.4. The van der Waals surface area contributed by atoms with Crippen molar-refractivity contribution in [3.8, 4) is 22.9 Å². The number of hydrogen-bond acceptors (Lipinski definition) is 7. The standard InChI is InChI=1S/C13H14N2O4S/c1-4-19-13(16)12-14-11(15-20-12)8-5-9(17-2)7-10(6-8)18-3/h5-7H,4H2,1-3H3. The molecule has 0 bridgehead atoms. The van der Waals surface area contributed by atoms with Crippen molar-refractivity contribution in [3.05, 3.63) is 23.2 Å². The van der Waals surface area contributed by atoms with Gasteiger partial charge in [-0.2, -0.15) is 4.37 Å². The van der Waals surface area contributed by atoms with E-state index in [0.717, 1.165) is 11.5 Å². The maximum absolute atomic E-state index is 11.6. The van der Waals surface area contributed by atoms with Crippen molar-refractivity contribution in [1.29, 1.82) is 0 Å². The number of carbonyl (C=O) groups excluding carboxylic acids is 1. The summed E-state index contributed by atoms with van der Waals surface area (Å²) in [7, 11) is 3.13. The number of methoxy groups -OCH3 is 2. The lowest BCUT2D eigenvalue weighted by atomic mass is 10.2. The molecule has 2 rings (SSSR count). The number of benzene rings is 1. The quantitative estimate of drug-likeness (QED) is 0.789. The Balaban J connectivity index is 2.34. The van der Waals surface area contributed by atoms with E-state index in [-0.39, 0.29) is 5.01 Å². The van der Waals surface area contributed by atoms with Gasteiger partial charge in [0.2, 0.25) is 5.01 Å². The predicted octanol–water partition coefficient (Wildman–Crippen LogP) is 2.40. The van der Waals surface area contributed by atoms with E-state index in [9.17, 15) is 4.79 Å². The summed E-state index contributed by atoms with van der Waals surface area (Å²) < 4.78 is 19.4. The van der Waals surface area contributed by atoms with Gasteiger partial charge in [0.15, 0.2) is 5.82 Å². The molecule has 6 nitrogen and oxygen atoms in total. The van der Waals surface area contributed by atoms with Crippen LogP contribution in [0.4, 0.5) is 0 Å². The van der Waals surface area contributed by atoms with E-state index in [2.05, 4.69) is 9.36 Å². The van der Waals surface area contributed by atoms with E-state index < -0.39 is 5.97 Å². The van der Waals surface area contributed by atoms with Crippen LogP contribution in [0.3, 0.4) is 0 Å². The number of ether oxygens (including phenoxy) is 3. The Kier molecular flexibility index (Phi) is 4.52. The molecule has 1 aromatic carbocycles. The van der Waals surface area contributed by atoms with Crippen LogP contribution in [0.5, 0.6) is 11.5 Å². The first-order valence-corrected chi connectivity index (χ1v) is 6.69. The van der Waals surface area contributed by atoms with Gasteiger partial charge >= 0.3 is 5.97 Å². The Labute approximate surface area is 120 Å². The minimum atomic E-state index is -0.467. The van der Waals surface area contributed by atoms with Crippen LogP contribution in [-0.2, 0) is 4.74 Å². The van der Waals surface area contributed by atoms with E-state index in [1.807, 2.05) is 0 Å². The summed E-state index contributed by atoms with van der Waals surface area (Å²) in [6.07, 6.45) is 0. The number of aromatic nitrogens is 2. The van der Waals surface area contributed by atoms with Crippen molar-refractivity contribution in [1.82, 2.24) is 9.36 Å². The Morgan fingerprint density at radius 3 is 2.40 bits per heavy atom. The Morgan fingerprint density at radius 2 is 1.85 bits per heavy atom. The first-order valence-electron chi connectivity index (χ1n) is 5.92. The predicted molar refractivity (Wildman–Crippen MR) is 74.4 cm³/mol. The summed E-state index contributed by atoms with van der Waals surface area (Å²) in [5.74, 6) is 1.24. The molecule has 20 heavy (non-hydrogen) atoms. The van der Waals surface area contributed by atoms with Crippen molar-refractivity contribution >= 4 is 17.5 Å². The second kappa shape index (κ2) is 6.33. The van der Waals surface area contributed by atoms with E-state index in [4.69, 9.17) is 14.2 Å². The van der Waals surface area contributed by atoms with Crippen LogP contribution in [0, 0.1) is 0 Å². The highest BCUT2D eigenvalue weighted by Gasteiger charge is 2.15. The topological polar surface area (TPSA) is 70.5 Å². The lowest BCUT2D eigenvalue weighted by molar-refractivity contribution is 0.0526. The zero-order chi connectivity index (χ0) is 14.5. The summed E-state index contributed by atoms with van der Waals surface area (Å²) in [5.41, 5.74) is 0.716. The average Bonchev–Trinajstić information content (AvgIpc) is 2.97. The van der Waals surface area contributed by atoms with Crippen LogP contribution in [0.25, 0.3) is 11.4 Å². The molecule has 0 aliphatic heterocycles. The van der Waals surface area contributed by atoms with Gasteiger partial charge in [-0.05, 0) is 30.6 Å². The van der Waals surface area contributed by atoms with Crippen molar-refractivity contribution in [3.63, 3.8) is 0 Å². The second-order valence-electron chi connectivity index (χ2n) is 3.74. The van der Waals surface area contributed by atoms with E-state index in [1.54, 1.807) is 39.3 Å². The van der Waals surface area contributed by atoms with Crippen LogP contribution >= 0.6 is 11.5 Å². The monoisotopic (exact) mass is 294 g/mol. The average molecular weight is 294 g/mol. The first-order chi connectivity index (χ1) is 9.67. The normalized spacial score (nSPS) is 10.2. The second-order valence-corrected chi connectivity index (χ2v) is 4.50. The van der Waals surface area contributed by atoms with E-state index in [0.29, 0.717) is 29.5 Å². The van der Waals surface area contributed by atoms with Crippen LogP contribution in [-0.4, -0.2) is 36.2 Å². The van der Waals surface area contributed by atoms with Crippen LogP contribution < -0.4 is 9.47 Å². The molecule has 1 aromatic heterocycles. The Bertz CT molecular complexity index is 590. The zero-order valence-corrected chi connectivity index (χ0v) is 12.2. The molecule has 0 atom stereocenters. The molecule has 2 aromatic rings. The number of hydrogen-bond donors (Lipinski definition) is 0. The first kappa shape index (κ1) is 14.3. The molecule has 7 heteroatoms. The molecule has 0 unspecified atom stereocenters. The molecule has 0 aliphatic rings. The van der Waals surface area contributed by atoms with Gasteiger partial charge in [-0.25, -0.2) is 9.78 Å². The van der Waals surface area contributed by atoms with Gasteiger partial charge in [0, 0.05) is 11.6 Å². The third-order valence-corrected chi connectivity index (χ3v) is 3.18. The number of carbonyl (C=O) groups is 1. The van der Waals surface area contributed by atoms with Gasteiger partial charge in [-0.15, -0.1) is 0 Å². The van der Waals surface area contributed by atoms with Gasteiger partial charge in [0.25, 0.3) is 0 Å².